The van der Waals surface area contributed by atoms with Crippen molar-refractivity contribution in [3.8, 4) is 0 Å². The maximum absolute atomic E-state index is 8.85. The Morgan fingerprint density at radius 1 is 1.57 bits per heavy atom. The standard InChI is InChI=1S/C4H8OS2/c5-4-2-1-3-6-7-4/h4-5H,1-3H2. The summed E-state index contributed by atoms with van der Waals surface area (Å²) in [5.41, 5.74) is -0.0845. The van der Waals surface area contributed by atoms with Gasteiger partial charge in [0, 0.05) is 5.75 Å². The van der Waals surface area contributed by atoms with Crippen molar-refractivity contribution < 1.29 is 5.11 Å². The molecule has 1 saturated heterocycles. The summed E-state index contributed by atoms with van der Waals surface area (Å²) in [7, 11) is 3.36. The highest BCUT2D eigenvalue weighted by molar-refractivity contribution is 8.76. The molecule has 0 aromatic rings. The lowest BCUT2D eigenvalue weighted by Crippen LogP contribution is -2.03. The fourth-order valence-corrected chi connectivity index (χ4v) is 2.69. The highest BCUT2D eigenvalue weighted by atomic mass is 33.1. The first kappa shape index (κ1) is 5.79. The first-order chi connectivity index (χ1) is 3.39. The molecule has 1 aliphatic rings. The third kappa shape index (κ3) is 1.93. The third-order valence-corrected chi connectivity index (χ3v) is 3.48. The molecule has 0 saturated carbocycles. The van der Waals surface area contributed by atoms with Gasteiger partial charge >= 0.3 is 0 Å². The van der Waals surface area contributed by atoms with Crippen LogP contribution in [0.2, 0.25) is 0 Å². The molecule has 0 aromatic heterocycles. The Kier molecular flexibility index (Phi) is 2.35. The Labute approximate surface area is 51.3 Å². The molecule has 1 aliphatic heterocycles. The van der Waals surface area contributed by atoms with Crippen molar-refractivity contribution in [2.75, 3.05) is 5.75 Å². The second-order valence-electron chi connectivity index (χ2n) is 1.52. The van der Waals surface area contributed by atoms with Crippen LogP contribution in [0.25, 0.3) is 0 Å². The Balaban J connectivity index is 2.12. The van der Waals surface area contributed by atoms with E-state index in [-0.39, 0.29) is 5.44 Å². The summed E-state index contributed by atoms with van der Waals surface area (Å²) in [4.78, 5) is 0. The minimum atomic E-state index is -0.0845. The number of rotatable bonds is 0. The molecule has 0 radical (unpaired) electrons. The zero-order chi connectivity index (χ0) is 5.11. The maximum Gasteiger partial charge on any atom is 0.109 e. The van der Waals surface area contributed by atoms with Crippen molar-refractivity contribution in [3.05, 3.63) is 0 Å². The smallest absolute Gasteiger partial charge is 0.109 e. The fourth-order valence-electron chi connectivity index (χ4n) is 0.492. The predicted octanol–water partition coefficient (Wildman–Crippen LogP) is 1.48. The summed E-state index contributed by atoms with van der Waals surface area (Å²) in [6, 6.07) is 0. The molecular weight excluding hydrogens is 128 g/mol. The van der Waals surface area contributed by atoms with E-state index in [1.54, 1.807) is 21.6 Å². The lowest BCUT2D eigenvalue weighted by atomic mass is 10.4. The largest absolute Gasteiger partial charge is 0.382 e. The van der Waals surface area contributed by atoms with Crippen molar-refractivity contribution >= 4 is 21.6 Å². The lowest BCUT2D eigenvalue weighted by molar-refractivity contribution is 0.252. The van der Waals surface area contributed by atoms with E-state index in [0.29, 0.717) is 0 Å². The van der Waals surface area contributed by atoms with Crippen LogP contribution in [0.1, 0.15) is 12.8 Å². The average Bonchev–Trinajstić information content (AvgIpc) is 1.69. The van der Waals surface area contributed by atoms with Gasteiger partial charge in [-0.3, -0.25) is 0 Å². The van der Waals surface area contributed by atoms with Gasteiger partial charge in [0.2, 0.25) is 0 Å². The molecule has 1 nitrogen and oxygen atoms in total. The maximum atomic E-state index is 8.85. The first-order valence-corrected chi connectivity index (χ1v) is 4.74. The molecular formula is C4H8OS2. The molecule has 3 heteroatoms. The molecule has 1 atom stereocenters. The zero-order valence-electron chi connectivity index (χ0n) is 3.96. The van der Waals surface area contributed by atoms with Gasteiger partial charge in [0.05, 0.1) is 0 Å². The molecule has 0 aromatic carbocycles. The van der Waals surface area contributed by atoms with Crippen LogP contribution in [0.4, 0.5) is 0 Å². The summed E-state index contributed by atoms with van der Waals surface area (Å²) < 4.78 is 0. The highest BCUT2D eigenvalue weighted by Gasteiger charge is 2.09. The molecule has 0 amide bonds. The summed E-state index contributed by atoms with van der Waals surface area (Å²) >= 11 is 0. The Morgan fingerprint density at radius 3 is 2.71 bits per heavy atom. The van der Waals surface area contributed by atoms with E-state index in [4.69, 9.17) is 5.11 Å². The Hall–Kier alpha value is 0.660. The zero-order valence-corrected chi connectivity index (χ0v) is 5.60. The molecule has 7 heavy (non-hydrogen) atoms. The molecule has 1 N–H and O–H groups in total. The molecule has 1 rings (SSSR count). The minimum absolute atomic E-state index is 0.0845. The van der Waals surface area contributed by atoms with Crippen molar-refractivity contribution in [3.63, 3.8) is 0 Å². The van der Waals surface area contributed by atoms with E-state index in [2.05, 4.69) is 0 Å². The van der Waals surface area contributed by atoms with Crippen LogP contribution in [0.3, 0.4) is 0 Å². The lowest BCUT2D eigenvalue weighted by Gasteiger charge is -2.13. The molecule has 42 valence electrons. The normalized spacial score (nSPS) is 33.0. The van der Waals surface area contributed by atoms with Gasteiger partial charge in [0.25, 0.3) is 0 Å². The fraction of sp³-hybridized carbons (Fsp3) is 1.00. The van der Waals surface area contributed by atoms with Crippen LogP contribution in [-0.4, -0.2) is 16.3 Å². The van der Waals surface area contributed by atoms with E-state index in [9.17, 15) is 0 Å². The summed E-state index contributed by atoms with van der Waals surface area (Å²) in [5, 5.41) is 8.85. The predicted molar refractivity (Wildman–Crippen MR) is 35.3 cm³/mol. The van der Waals surface area contributed by atoms with E-state index in [0.717, 1.165) is 6.42 Å². The van der Waals surface area contributed by atoms with Gasteiger partial charge in [-0.1, -0.05) is 21.6 Å². The second-order valence-corrected chi connectivity index (χ2v) is 4.18. The van der Waals surface area contributed by atoms with Crippen LogP contribution in [0.15, 0.2) is 0 Å². The quantitative estimate of drug-likeness (QED) is 0.509. The van der Waals surface area contributed by atoms with Crippen LogP contribution in [0, 0.1) is 0 Å². The topological polar surface area (TPSA) is 20.2 Å². The average molecular weight is 136 g/mol. The summed E-state index contributed by atoms with van der Waals surface area (Å²) in [5.74, 6) is 1.21. The highest BCUT2D eigenvalue weighted by Crippen LogP contribution is 2.33. The van der Waals surface area contributed by atoms with E-state index in [1.165, 1.54) is 12.2 Å². The van der Waals surface area contributed by atoms with Crippen LogP contribution in [0.5, 0.6) is 0 Å². The van der Waals surface area contributed by atoms with Gasteiger partial charge in [-0.05, 0) is 12.8 Å². The molecule has 0 bridgehead atoms. The van der Waals surface area contributed by atoms with Crippen molar-refractivity contribution in [1.82, 2.24) is 0 Å². The van der Waals surface area contributed by atoms with Crippen molar-refractivity contribution in [2.45, 2.75) is 18.3 Å². The van der Waals surface area contributed by atoms with Gasteiger partial charge < -0.3 is 5.11 Å². The van der Waals surface area contributed by atoms with E-state index in [1.807, 2.05) is 0 Å². The Bertz CT molecular complexity index is 51.7. The molecule has 0 aliphatic carbocycles. The van der Waals surface area contributed by atoms with Crippen molar-refractivity contribution in [2.24, 2.45) is 0 Å². The van der Waals surface area contributed by atoms with Gasteiger partial charge in [-0.2, -0.15) is 0 Å². The molecule has 0 spiro atoms. The van der Waals surface area contributed by atoms with Crippen LogP contribution >= 0.6 is 21.6 Å². The third-order valence-electron chi connectivity index (χ3n) is 0.858. The number of aliphatic hydroxyl groups is 1. The van der Waals surface area contributed by atoms with Gasteiger partial charge in [0.15, 0.2) is 0 Å². The first-order valence-electron chi connectivity index (χ1n) is 2.36. The Morgan fingerprint density at radius 2 is 2.43 bits per heavy atom. The minimum Gasteiger partial charge on any atom is -0.382 e. The van der Waals surface area contributed by atoms with Crippen LogP contribution in [-0.2, 0) is 0 Å². The van der Waals surface area contributed by atoms with E-state index >= 15 is 0 Å². The van der Waals surface area contributed by atoms with Gasteiger partial charge in [-0.25, -0.2) is 0 Å². The van der Waals surface area contributed by atoms with Gasteiger partial charge in [-0.15, -0.1) is 0 Å². The van der Waals surface area contributed by atoms with E-state index < -0.39 is 0 Å². The van der Waals surface area contributed by atoms with Crippen molar-refractivity contribution in [1.29, 1.82) is 0 Å². The molecule has 1 heterocycles. The second kappa shape index (κ2) is 2.84. The van der Waals surface area contributed by atoms with Gasteiger partial charge in [0.1, 0.15) is 5.44 Å². The summed E-state index contributed by atoms with van der Waals surface area (Å²) in [6.45, 7) is 0. The summed E-state index contributed by atoms with van der Waals surface area (Å²) in [6.07, 6.45) is 2.16. The number of aliphatic hydroxyl groups excluding tert-OH is 1. The molecule has 1 unspecified atom stereocenters. The SMILES string of the molecule is OC1CCCSS1. The van der Waals surface area contributed by atoms with Crippen LogP contribution < -0.4 is 0 Å². The number of hydrogen-bond acceptors (Lipinski definition) is 3. The number of hydrogen-bond donors (Lipinski definition) is 1. The monoisotopic (exact) mass is 136 g/mol. The molecule has 1 fully saturated rings.